The zero-order chi connectivity index (χ0) is 17.5. The van der Waals surface area contributed by atoms with Crippen molar-refractivity contribution in [2.75, 3.05) is 10.6 Å². The molecule has 0 bridgehead atoms. The second-order valence-corrected chi connectivity index (χ2v) is 5.22. The Bertz CT molecular complexity index is 869. The van der Waals surface area contributed by atoms with E-state index in [0.29, 0.717) is 16.9 Å². The van der Waals surface area contributed by atoms with Crippen LogP contribution in [0.1, 0.15) is 21.5 Å². The van der Waals surface area contributed by atoms with Crippen molar-refractivity contribution in [2.45, 2.75) is 13.8 Å². The van der Waals surface area contributed by atoms with Crippen molar-refractivity contribution in [3.63, 3.8) is 0 Å². The predicted octanol–water partition coefficient (Wildman–Crippen LogP) is 3.90. The van der Waals surface area contributed by atoms with Crippen LogP contribution in [-0.2, 0) is 0 Å². The van der Waals surface area contributed by atoms with E-state index in [1.54, 1.807) is 36.4 Å². The smallest absolute Gasteiger partial charge is 0.257 e. The van der Waals surface area contributed by atoms with Gasteiger partial charge in [-0.3, -0.25) is 4.79 Å². The summed E-state index contributed by atoms with van der Waals surface area (Å²) in [6, 6.07) is 16.1. The normalized spacial score (nSPS) is 9.33. The summed E-state index contributed by atoms with van der Waals surface area (Å²) in [6.07, 6.45) is 1.28. The molecule has 1 amide bonds. The highest BCUT2D eigenvalue weighted by Crippen LogP contribution is 2.19. The molecule has 0 radical (unpaired) electrons. The third-order valence-electron chi connectivity index (χ3n) is 3.55. The van der Waals surface area contributed by atoms with Crippen LogP contribution in [0.5, 0.6) is 0 Å². The molecule has 0 aliphatic rings. The Kier molecular flexibility index (Phi) is 5.33. The molecule has 5 heteroatoms. The molecule has 0 unspecified atom stereocenters. The standard InChI is InChI=1S/C19H16N4O/c1-13-7-8-16(9-14(13)2)23-19(24)17-5-3-4-6-18(17)22-12-15(10-20)11-21/h3-9,12,22H,1-2H3,(H,23,24). The number of nitrogens with one attached hydrogen (secondary N) is 2. The molecule has 0 aliphatic heterocycles. The minimum absolute atomic E-state index is 0.0700. The van der Waals surface area contributed by atoms with Crippen LogP contribution in [0.2, 0.25) is 0 Å². The first-order valence-corrected chi connectivity index (χ1v) is 7.29. The average Bonchev–Trinajstić information content (AvgIpc) is 2.59. The Morgan fingerprint density at radius 1 is 1.04 bits per heavy atom. The van der Waals surface area contributed by atoms with E-state index in [1.165, 1.54) is 6.20 Å². The van der Waals surface area contributed by atoms with Gasteiger partial charge in [-0.2, -0.15) is 10.5 Å². The molecule has 0 aliphatic carbocycles. The molecule has 0 atom stereocenters. The molecule has 118 valence electrons. The van der Waals surface area contributed by atoms with Gasteiger partial charge in [-0.05, 0) is 49.2 Å². The van der Waals surface area contributed by atoms with Gasteiger partial charge < -0.3 is 10.6 Å². The lowest BCUT2D eigenvalue weighted by Crippen LogP contribution is -2.14. The maximum absolute atomic E-state index is 12.5. The number of nitrogens with zero attached hydrogens (tertiary/aromatic N) is 2. The van der Waals surface area contributed by atoms with Crippen molar-refractivity contribution in [2.24, 2.45) is 0 Å². The quantitative estimate of drug-likeness (QED) is 0.837. The number of anilines is 2. The van der Waals surface area contributed by atoms with Crippen LogP contribution < -0.4 is 10.6 Å². The Balaban J connectivity index is 2.24. The van der Waals surface area contributed by atoms with Crippen LogP contribution in [0, 0.1) is 36.5 Å². The summed E-state index contributed by atoms with van der Waals surface area (Å²) >= 11 is 0. The number of hydrogen-bond donors (Lipinski definition) is 2. The first-order valence-electron chi connectivity index (χ1n) is 7.29. The van der Waals surface area contributed by atoms with Gasteiger partial charge in [0.1, 0.15) is 17.7 Å². The number of carbonyl (C=O) groups excluding carboxylic acids is 1. The Labute approximate surface area is 140 Å². The Morgan fingerprint density at radius 2 is 1.75 bits per heavy atom. The molecule has 2 rings (SSSR count). The number of rotatable bonds is 4. The van der Waals surface area contributed by atoms with Crippen LogP contribution in [-0.4, -0.2) is 5.91 Å². The third-order valence-corrected chi connectivity index (χ3v) is 3.55. The van der Waals surface area contributed by atoms with Crippen LogP contribution in [0.3, 0.4) is 0 Å². The van der Waals surface area contributed by atoms with E-state index in [2.05, 4.69) is 10.6 Å². The number of nitriles is 2. The topological polar surface area (TPSA) is 88.7 Å². The van der Waals surface area contributed by atoms with Crippen molar-refractivity contribution in [1.82, 2.24) is 0 Å². The molecule has 0 fully saturated rings. The van der Waals surface area contributed by atoms with Crippen molar-refractivity contribution >= 4 is 17.3 Å². The van der Waals surface area contributed by atoms with E-state index >= 15 is 0 Å². The lowest BCUT2D eigenvalue weighted by Gasteiger charge is -2.11. The largest absolute Gasteiger partial charge is 0.359 e. The van der Waals surface area contributed by atoms with Gasteiger partial charge in [-0.1, -0.05) is 18.2 Å². The Morgan fingerprint density at radius 3 is 2.42 bits per heavy atom. The molecular formula is C19H16N4O. The first kappa shape index (κ1) is 16.8. The summed E-state index contributed by atoms with van der Waals surface area (Å²) in [7, 11) is 0. The van der Waals surface area contributed by atoms with Crippen LogP contribution in [0.25, 0.3) is 0 Å². The summed E-state index contributed by atoms with van der Waals surface area (Å²) in [5.74, 6) is -0.273. The van der Waals surface area contributed by atoms with Crippen LogP contribution in [0.4, 0.5) is 11.4 Å². The number of hydrogen-bond acceptors (Lipinski definition) is 4. The molecule has 2 aromatic carbocycles. The summed E-state index contributed by atoms with van der Waals surface area (Å²) in [5.41, 5.74) is 3.82. The highest BCUT2D eigenvalue weighted by molar-refractivity contribution is 6.08. The summed E-state index contributed by atoms with van der Waals surface area (Å²) in [4.78, 5) is 12.5. The molecule has 0 saturated carbocycles. The Hall–Kier alpha value is -3.57. The van der Waals surface area contributed by atoms with E-state index in [1.807, 2.05) is 32.0 Å². The number of carbonyl (C=O) groups is 1. The molecule has 2 N–H and O–H groups in total. The van der Waals surface area contributed by atoms with E-state index in [0.717, 1.165) is 11.1 Å². The summed E-state index contributed by atoms with van der Waals surface area (Å²) in [5, 5.41) is 23.2. The van der Waals surface area contributed by atoms with Crippen LogP contribution in [0.15, 0.2) is 54.2 Å². The van der Waals surface area contributed by atoms with E-state index in [-0.39, 0.29) is 11.5 Å². The molecular weight excluding hydrogens is 300 g/mol. The number of aryl methyl sites for hydroxylation is 2. The maximum Gasteiger partial charge on any atom is 0.257 e. The second kappa shape index (κ2) is 7.62. The number of benzene rings is 2. The average molecular weight is 316 g/mol. The molecule has 2 aromatic rings. The highest BCUT2D eigenvalue weighted by Gasteiger charge is 2.11. The van der Waals surface area contributed by atoms with Gasteiger partial charge in [0.15, 0.2) is 0 Å². The van der Waals surface area contributed by atoms with Gasteiger partial charge in [-0.25, -0.2) is 0 Å². The number of para-hydroxylation sites is 1. The minimum Gasteiger partial charge on any atom is -0.359 e. The molecule has 0 aromatic heterocycles. The fourth-order valence-corrected chi connectivity index (χ4v) is 2.06. The lowest BCUT2D eigenvalue weighted by molar-refractivity contribution is 0.102. The molecule has 0 spiro atoms. The fraction of sp³-hybridized carbons (Fsp3) is 0.105. The van der Waals surface area contributed by atoms with Gasteiger partial charge >= 0.3 is 0 Å². The van der Waals surface area contributed by atoms with Crippen molar-refractivity contribution in [3.05, 3.63) is 70.9 Å². The predicted molar refractivity (Wildman–Crippen MR) is 93.2 cm³/mol. The monoisotopic (exact) mass is 316 g/mol. The van der Waals surface area contributed by atoms with E-state index in [4.69, 9.17) is 10.5 Å². The lowest BCUT2D eigenvalue weighted by atomic mass is 10.1. The summed E-state index contributed by atoms with van der Waals surface area (Å²) in [6.45, 7) is 3.99. The molecule has 24 heavy (non-hydrogen) atoms. The summed E-state index contributed by atoms with van der Waals surface area (Å²) < 4.78 is 0. The van der Waals surface area contributed by atoms with Gasteiger partial charge in [-0.15, -0.1) is 0 Å². The fourth-order valence-electron chi connectivity index (χ4n) is 2.06. The van der Waals surface area contributed by atoms with Gasteiger partial charge in [0, 0.05) is 11.9 Å². The van der Waals surface area contributed by atoms with Gasteiger partial charge in [0.25, 0.3) is 5.91 Å². The third kappa shape index (κ3) is 4.00. The number of amides is 1. The maximum atomic E-state index is 12.5. The minimum atomic E-state index is -0.273. The van der Waals surface area contributed by atoms with E-state index in [9.17, 15) is 4.79 Å². The van der Waals surface area contributed by atoms with Crippen molar-refractivity contribution < 1.29 is 4.79 Å². The zero-order valence-electron chi connectivity index (χ0n) is 13.4. The second-order valence-electron chi connectivity index (χ2n) is 5.22. The van der Waals surface area contributed by atoms with Gasteiger partial charge in [0.2, 0.25) is 0 Å². The molecule has 0 saturated heterocycles. The van der Waals surface area contributed by atoms with Crippen molar-refractivity contribution in [3.8, 4) is 12.1 Å². The molecule has 0 heterocycles. The van der Waals surface area contributed by atoms with Crippen molar-refractivity contribution in [1.29, 1.82) is 10.5 Å². The van der Waals surface area contributed by atoms with Crippen LogP contribution >= 0.6 is 0 Å². The number of allylic oxidation sites excluding steroid dienone is 1. The van der Waals surface area contributed by atoms with Gasteiger partial charge in [0.05, 0.1) is 11.3 Å². The first-order chi connectivity index (χ1) is 11.5. The SMILES string of the molecule is Cc1ccc(NC(=O)c2ccccc2NC=C(C#N)C#N)cc1C. The van der Waals surface area contributed by atoms with E-state index < -0.39 is 0 Å². The molecule has 5 nitrogen and oxygen atoms in total. The highest BCUT2D eigenvalue weighted by atomic mass is 16.1. The zero-order valence-corrected chi connectivity index (χ0v) is 13.4.